The van der Waals surface area contributed by atoms with Crippen molar-refractivity contribution in [1.29, 1.82) is 0 Å². The van der Waals surface area contributed by atoms with Gasteiger partial charge < -0.3 is 5.84 Å². The van der Waals surface area contributed by atoms with Crippen molar-refractivity contribution in [3.63, 3.8) is 0 Å². The van der Waals surface area contributed by atoms with Crippen LogP contribution in [0.25, 0.3) is 0 Å². The Balaban J connectivity index is 1.82. The Labute approximate surface area is 183 Å². The minimum absolute atomic E-state index is 0.333. The first-order valence-corrected chi connectivity index (χ1v) is 10.7. The molecule has 1 aliphatic carbocycles. The molecule has 2 aromatic carbocycles. The fourth-order valence-electron chi connectivity index (χ4n) is 4.37. The molecule has 0 unspecified atom stereocenters. The highest BCUT2D eigenvalue weighted by Gasteiger charge is 2.21. The quantitative estimate of drug-likeness (QED) is 0.299. The Morgan fingerprint density at radius 2 is 1.94 bits per heavy atom. The first kappa shape index (κ1) is 22.8. The first-order valence-electron chi connectivity index (χ1n) is 10.7. The van der Waals surface area contributed by atoms with Crippen LogP contribution in [0.15, 0.2) is 40.4 Å². The molecule has 0 aromatic heterocycles. The molecule has 3 rings (SSSR count). The molecule has 164 valence electrons. The molecule has 0 spiro atoms. The van der Waals surface area contributed by atoms with E-state index in [1.165, 1.54) is 38.0 Å². The van der Waals surface area contributed by atoms with Crippen LogP contribution in [0.2, 0.25) is 0 Å². The monoisotopic (exact) mass is 422 g/mol. The van der Waals surface area contributed by atoms with Gasteiger partial charge in [0.05, 0.1) is 0 Å². The van der Waals surface area contributed by atoms with E-state index in [4.69, 9.17) is 5.84 Å². The van der Waals surface area contributed by atoms with Crippen molar-refractivity contribution in [2.45, 2.75) is 51.6 Å². The Hall–Kier alpha value is -2.86. The van der Waals surface area contributed by atoms with Crippen molar-refractivity contribution in [3.8, 4) is 0 Å². The summed E-state index contributed by atoms with van der Waals surface area (Å²) >= 11 is 0. The van der Waals surface area contributed by atoms with E-state index in [0.29, 0.717) is 34.9 Å². The summed E-state index contributed by atoms with van der Waals surface area (Å²) in [6.07, 6.45) is 7.82. The molecule has 0 aliphatic heterocycles. The van der Waals surface area contributed by atoms with Gasteiger partial charge in [-0.2, -0.15) is 5.10 Å². The van der Waals surface area contributed by atoms with Crippen molar-refractivity contribution in [3.05, 3.63) is 69.5 Å². The molecule has 1 fully saturated rings. The third-order valence-electron chi connectivity index (χ3n) is 6.21. The maximum atomic E-state index is 14.8. The van der Waals surface area contributed by atoms with Crippen LogP contribution in [0.5, 0.6) is 0 Å². The van der Waals surface area contributed by atoms with Gasteiger partial charge in [0.2, 0.25) is 0 Å². The molecule has 5 nitrogen and oxygen atoms in total. The normalized spacial score (nSPS) is 15.3. The molecule has 0 saturated heterocycles. The van der Waals surface area contributed by atoms with Crippen LogP contribution in [-0.2, 0) is 13.0 Å². The van der Waals surface area contributed by atoms with Crippen molar-refractivity contribution in [2.75, 3.05) is 14.1 Å². The Morgan fingerprint density at radius 1 is 1.19 bits per heavy atom. The summed E-state index contributed by atoms with van der Waals surface area (Å²) < 4.78 is 14.8. The molecule has 0 heterocycles. The number of hydrogen-bond donors (Lipinski definition) is 1. The molecule has 2 aromatic rings. The van der Waals surface area contributed by atoms with Gasteiger partial charge in [-0.1, -0.05) is 31.0 Å². The highest BCUT2D eigenvalue weighted by molar-refractivity contribution is 6.38. The zero-order valence-electron chi connectivity index (χ0n) is 18.6. The second-order valence-corrected chi connectivity index (χ2v) is 8.33. The lowest BCUT2D eigenvalue weighted by Crippen LogP contribution is -2.29. The summed E-state index contributed by atoms with van der Waals surface area (Å²) in [4.78, 5) is 18.0. The summed E-state index contributed by atoms with van der Waals surface area (Å²) in [6, 6.07) is 9.52. The standard InChI is InChI=1S/C25H31FN4O/c1-17-10-21(15-30(3)23-6-4-5-7-23)22(16-31)12-20(17)11-18-8-9-19(13-24(18)26)25(29-27)14-28-2/h8-10,12-14,16,23H,4-7,11,15,27H2,1-3H3. The molecule has 31 heavy (non-hydrogen) atoms. The van der Waals surface area contributed by atoms with Crippen molar-refractivity contribution < 1.29 is 9.18 Å². The van der Waals surface area contributed by atoms with Gasteiger partial charge in [0.15, 0.2) is 0 Å². The number of aldehydes is 1. The van der Waals surface area contributed by atoms with Gasteiger partial charge in [-0.15, -0.1) is 0 Å². The van der Waals surface area contributed by atoms with E-state index in [1.807, 2.05) is 13.0 Å². The van der Waals surface area contributed by atoms with Crippen molar-refractivity contribution in [2.24, 2.45) is 15.9 Å². The zero-order valence-corrected chi connectivity index (χ0v) is 18.6. The Bertz CT molecular complexity index is 993. The number of carbonyl (C=O) groups is 1. The van der Waals surface area contributed by atoms with E-state index < -0.39 is 0 Å². The van der Waals surface area contributed by atoms with Gasteiger partial charge in [-0.05, 0) is 61.2 Å². The van der Waals surface area contributed by atoms with Crippen LogP contribution in [0.3, 0.4) is 0 Å². The fraction of sp³-hybridized carbons (Fsp3) is 0.400. The lowest BCUT2D eigenvalue weighted by molar-refractivity contribution is 0.112. The van der Waals surface area contributed by atoms with Gasteiger partial charge >= 0.3 is 0 Å². The lowest BCUT2D eigenvalue weighted by Gasteiger charge is -2.25. The van der Waals surface area contributed by atoms with Crippen molar-refractivity contribution in [1.82, 2.24) is 4.90 Å². The topological polar surface area (TPSA) is 71.0 Å². The van der Waals surface area contributed by atoms with E-state index in [0.717, 1.165) is 29.5 Å². The second-order valence-electron chi connectivity index (χ2n) is 8.33. The van der Waals surface area contributed by atoms with E-state index in [-0.39, 0.29) is 5.82 Å². The zero-order chi connectivity index (χ0) is 22.4. The molecule has 0 radical (unpaired) electrons. The number of aliphatic imine (C=N–C) groups is 1. The number of aryl methyl sites for hydroxylation is 1. The maximum Gasteiger partial charge on any atom is 0.150 e. The first-order chi connectivity index (χ1) is 15.0. The molecule has 0 atom stereocenters. The van der Waals surface area contributed by atoms with E-state index in [9.17, 15) is 9.18 Å². The summed E-state index contributed by atoms with van der Waals surface area (Å²) in [7, 11) is 3.74. The number of rotatable bonds is 8. The van der Waals surface area contributed by atoms with Crippen LogP contribution < -0.4 is 5.84 Å². The van der Waals surface area contributed by atoms with Gasteiger partial charge in [0.1, 0.15) is 17.8 Å². The Kier molecular flexibility index (Phi) is 7.69. The number of hydrazone groups is 1. The summed E-state index contributed by atoms with van der Waals surface area (Å²) in [5.41, 5.74) is 5.27. The molecule has 2 N–H and O–H groups in total. The second kappa shape index (κ2) is 10.4. The minimum atomic E-state index is -0.333. The summed E-state index contributed by atoms with van der Waals surface area (Å²) in [5, 5.41) is 3.66. The maximum absolute atomic E-state index is 14.8. The van der Waals surface area contributed by atoms with Gasteiger partial charge in [-0.3, -0.25) is 14.7 Å². The van der Waals surface area contributed by atoms with Crippen LogP contribution in [0.4, 0.5) is 4.39 Å². The predicted molar refractivity (Wildman–Crippen MR) is 125 cm³/mol. The Morgan fingerprint density at radius 3 is 2.55 bits per heavy atom. The SMILES string of the molecule is CN=CC(=NN)c1ccc(Cc2cc(C=O)c(CN(C)C3CCCC3)cc2C)c(F)c1. The third-order valence-corrected chi connectivity index (χ3v) is 6.21. The molecular weight excluding hydrogens is 391 g/mol. The smallest absolute Gasteiger partial charge is 0.150 e. The number of benzene rings is 2. The number of halogens is 1. The molecule has 6 heteroatoms. The van der Waals surface area contributed by atoms with Gasteiger partial charge in [0.25, 0.3) is 0 Å². The van der Waals surface area contributed by atoms with E-state index in [1.54, 1.807) is 19.2 Å². The highest BCUT2D eigenvalue weighted by atomic mass is 19.1. The largest absolute Gasteiger partial charge is 0.323 e. The lowest BCUT2D eigenvalue weighted by atomic mass is 9.94. The van der Waals surface area contributed by atoms with Crippen LogP contribution >= 0.6 is 0 Å². The van der Waals surface area contributed by atoms with Crippen LogP contribution in [-0.4, -0.2) is 43.2 Å². The number of carbonyl (C=O) groups excluding carboxylic acids is 1. The van der Waals surface area contributed by atoms with Gasteiger partial charge in [-0.25, -0.2) is 4.39 Å². The molecule has 0 amide bonds. The fourth-order valence-corrected chi connectivity index (χ4v) is 4.37. The average molecular weight is 423 g/mol. The highest BCUT2D eigenvalue weighted by Crippen LogP contribution is 2.26. The van der Waals surface area contributed by atoms with E-state index in [2.05, 4.69) is 28.1 Å². The molecular formula is C25H31FN4O. The van der Waals surface area contributed by atoms with Crippen molar-refractivity contribution >= 4 is 18.2 Å². The number of hydrogen-bond acceptors (Lipinski definition) is 5. The van der Waals surface area contributed by atoms with Crippen LogP contribution in [0.1, 0.15) is 63.9 Å². The minimum Gasteiger partial charge on any atom is -0.323 e. The van der Waals surface area contributed by atoms with E-state index >= 15 is 0 Å². The molecule has 1 saturated carbocycles. The number of nitrogens with two attached hydrogens (primary N) is 1. The number of nitrogens with zero attached hydrogens (tertiary/aromatic N) is 3. The average Bonchev–Trinajstić information content (AvgIpc) is 3.30. The predicted octanol–water partition coefficient (Wildman–Crippen LogP) is 4.28. The molecule has 0 bridgehead atoms. The van der Waals surface area contributed by atoms with Gasteiger partial charge in [0, 0.05) is 43.4 Å². The molecule has 1 aliphatic rings. The third kappa shape index (κ3) is 5.44. The summed E-state index contributed by atoms with van der Waals surface area (Å²) in [5.74, 6) is 5.05. The summed E-state index contributed by atoms with van der Waals surface area (Å²) in [6.45, 7) is 2.77. The van der Waals surface area contributed by atoms with Crippen LogP contribution in [0, 0.1) is 12.7 Å².